The monoisotopic (exact) mass is 217 g/mol. The number of rotatable bonds is 2. The molecule has 0 N–H and O–H groups in total. The van der Waals surface area contributed by atoms with Crippen molar-refractivity contribution in [2.24, 2.45) is 0 Å². The van der Waals surface area contributed by atoms with E-state index in [2.05, 4.69) is 54.2 Å². The van der Waals surface area contributed by atoms with Crippen LogP contribution >= 0.6 is 11.3 Å². The molecule has 1 heterocycles. The van der Waals surface area contributed by atoms with Gasteiger partial charge in [-0.25, -0.2) is 0 Å². The third-order valence-electron chi connectivity index (χ3n) is 2.30. The normalized spacial score (nSPS) is 10.8. The lowest BCUT2D eigenvalue weighted by atomic mass is 10.1. The van der Waals surface area contributed by atoms with Gasteiger partial charge in [-0.3, -0.25) is 0 Å². The Morgan fingerprint density at radius 1 is 1.07 bits per heavy atom. The van der Waals surface area contributed by atoms with Crippen molar-refractivity contribution in [3.05, 3.63) is 41.1 Å². The van der Waals surface area contributed by atoms with Crippen LogP contribution < -0.4 is 5.19 Å². The second-order valence-electron chi connectivity index (χ2n) is 3.56. The maximum Gasteiger partial charge on any atom is 0.0799 e. The fourth-order valence-corrected chi connectivity index (χ4v) is 3.44. The van der Waals surface area contributed by atoms with Crippen LogP contribution in [0.4, 0.5) is 0 Å². The van der Waals surface area contributed by atoms with Crippen molar-refractivity contribution in [2.75, 3.05) is 0 Å². The van der Waals surface area contributed by atoms with Crippen molar-refractivity contribution in [3.8, 4) is 11.1 Å². The van der Waals surface area contributed by atoms with Gasteiger partial charge in [0.15, 0.2) is 0 Å². The molecule has 0 bridgehead atoms. The van der Waals surface area contributed by atoms with Crippen molar-refractivity contribution >= 4 is 25.3 Å². The molecule has 71 valence electrons. The van der Waals surface area contributed by atoms with Crippen molar-refractivity contribution in [1.29, 1.82) is 0 Å². The Labute approximate surface area is 90.8 Å². The fourth-order valence-electron chi connectivity index (χ4n) is 1.59. The quantitative estimate of drug-likeness (QED) is 0.677. The molecule has 0 amide bonds. The Morgan fingerprint density at radius 3 is 2.50 bits per heavy atom. The third kappa shape index (κ3) is 1.81. The first kappa shape index (κ1) is 9.68. The third-order valence-corrected chi connectivity index (χ3v) is 4.49. The summed E-state index contributed by atoms with van der Waals surface area (Å²) in [6, 6.07) is 11.0. The van der Waals surface area contributed by atoms with Gasteiger partial charge in [0.1, 0.15) is 0 Å². The molecule has 0 nitrogen and oxygen atoms in total. The average molecular weight is 217 g/mol. The summed E-state index contributed by atoms with van der Waals surface area (Å²) in [5.74, 6) is 0. The predicted octanol–water partition coefficient (Wildman–Crippen LogP) is 3.38. The van der Waals surface area contributed by atoms with Gasteiger partial charge in [0, 0.05) is 0 Å². The Balaban J connectivity index is 2.53. The summed E-state index contributed by atoms with van der Waals surface area (Å²) in [6.07, 6.45) is 0. The zero-order valence-electron chi connectivity index (χ0n) is 8.45. The first-order valence-corrected chi connectivity index (χ1v) is 8.15. The smallest absolute Gasteiger partial charge is 0.0799 e. The van der Waals surface area contributed by atoms with E-state index >= 15 is 0 Å². The molecule has 0 saturated heterocycles. The summed E-state index contributed by atoms with van der Waals surface area (Å²) in [5.41, 5.74) is 2.80. The van der Waals surface area contributed by atoms with E-state index in [1.54, 1.807) is 11.3 Å². The molecule has 0 aliphatic rings. The van der Waals surface area contributed by atoms with Crippen molar-refractivity contribution < 1.29 is 0 Å². The van der Waals surface area contributed by atoms with Crippen LogP contribution in [0.15, 0.2) is 41.1 Å². The van der Waals surface area contributed by atoms with Crippen LogP contribution in [0.3, 0.4) is 0 Å². The fraction of sp³-hybridized carbons (Fsp3) is 0.167. The predicted molar refractivity (Wildman–Crippen MR) is 66.9 cm³/mol. The highest BCUT2D eigenvalue weighted by Gasteiger charge is 2.08. The lowest BCUT2D eigenvalue weighted by Gasteiger charge is -2.09. The van der Waals surface area contributed by atoms with Gasteiger partial charge in [-0.15, -0.1) is 0 Å². The highest BCUT2D eigenvalue weighted by molar-refractivity contribution is 7.08. The summed E-state index contributed by atoms with van der Waals surface area (Å²) < 4.78 is 0. The van der Waals surface area contributed by atoms with Gasteiger partial charge < -0.3 is 0 Å². The minimum atomic E-state index is -0.362. The van der Waals surface area contributed by atoms with Crippen LogP contribution in [0, 0.1) is 0 Å². The lowest BCUT2D eigenvalue weighted by Crippen LogP contribution is -2.24. The van der Waals surface area contributed by atoms with Crippen molar-refractivity contribution in [3.63, 3.8) is 0 Å². The highest BCUT2D eigenvalue weighted by Crippen LogP contribution is 2.20. The Hall–Kier alpha value is -0.863. The van der Waals surface area contributed by atoms with Gasteiger partial charge in [-0.2, -0.15) is 11.3 Å². The zero-order valence-corrected chi connectivity index (χ0v) is 10.3. The minimum absolute atomic E-state index is 0.362. The topological polar surface area (TPSA) is 0 Å². The SMILES string of the molecule is C[Si](C)c1ccccc1-c1ccsc1. The van der Waals surface area contributed by atoms with Gasteiger partial charge >= 0.3 is 0 Å². The molecule has 2 heteroatoms. The van der Waals surface area contributed by atoms with Gasteiger partial charge in [0.2, 0.25) is 0 Å². The van der Waals surface area contributed by atoms with Crippen molar-refractivity contribution in [2.45, 2.75) is 13.1 Å². The lowest BCUT2D eigenvalue weighted by molar-refractivity contribution is 1.70. The average Bonchev–Trinajstić information content (AvgIpc) is 2.70. The van der Waals surface area contributed by atoms with E-state index < -0.39 is 0 Å². The molecular weight excluding hydrogens is 204 g/mol. The van der Waals surface area contributed by atoms with E-state index in [9.17, 15) is 0 Å². The molecule has 1 aromatic heterocycles. The van der Waals surface area contributed by atoms with Gasteiger partial charge in [-0.1, -0.05) is 42.5 Å². The second-order valence-corrected chi connectivity index (χ2v) is 6.88. The molecule has 2 aromatic rings. The molecule has 2 rings (SSSR count). The molecule has 14 heavy (non-hydrogen) atoms. The van der Waals surface area contributed by atoms with Crippen LogP contribution in [0.1, 0.15) is 0 Å². The van der Waals surface area contributed by atoms with Crippen LogP contribution in [0.5, 0.6) is 0 Å². The van der Waals surface area contributed by atoms with E-state index in [1.807, 2.05) is 0 Å². The molecular formula is C12H13SSi. The van der Waals surface area contributed by atoms with Gasteiger partial charge in [0.25, 0.3) is 0 Å². The zero-order chi connectivity index (χ0) is 9.97. The van der Waals surface area contributed by atoms with E-state index in [4.69, 9.17) is 0 Å². The number of benzene rings is 1. The van der Waals surface area contributed by atoms with E-state index in [0.29, 0.717) is 0 Å². The van der Waals surface area contributed by atoms with E-state index in [-0.39, 0.29) is 8.80 Å². The summed E-state index contributed by atoms with van der Waals surface area (Å²) in [4.78, 5) is 0. The Bertz CT molecular complexity index is 404. The van der Waals surface area contributed by atoms with Gasteiger partial charge in [0.05, 0.1) is 8.80 Å². The minimum Gasteiger partial charge on any atom is -0.152 e. The molecule has 0 aliphatic carbocycles. The molecule has 0 saturated carbocycles. The maximum absolute atomic E-state index is 2.34. The summed E-state index contributed by atoms with van der Waals surface area (Å²) in [5, 5.41) is 5.91. The largest absolute Gasteiger partial charge is 0.152 e. The van der Waals surface area contributed by atoms with Crippen LogP contribution in [-0.2, 0) is 0 Å². The standard InChI is InChI=1S/C12H13SSi/c1-14(2)12-6-4-3-5-11(12)10-7-8-13-9-10/h3-9H,1-2H3. The first-order valence-electron chi connectivity index (χ1n) is 4.71. The highest BCUT2D eigenvalue weighted by atomic mass is 32.1. The second kappa shape index (κ2) is 4.11. The molecule has 1 radical (unpaired) electrons. The maximum atomic E-state index is 2.34. The van der Waals surface area contributed by atoms with Crippen LogP contribution in [-0.4, -0.2) is 8.80 Å². The van der Waals surface area contributed by atoms with Crippen LogP contribution in [0.25, 0.3) is 11.1 Å². The van der Waals surface area contributed by atoms with E-state index in [1.165, 1.54) is 16.3 Å². The van der Waals surface area contributed by atoms with Crippen molar-refractivity contribution in [1.82, 2.24) is 0 Å². The summed E-state index contributed by atoms with van der Waals surface area (Å²) in [7, 11) is -0.362. The molecule has 0 unspecified atom stereocenters. The molecule has 0 atom stereocenters. The first-order chi connectivity index (χ1) is 6.79. The molecule has 0 aliphatic heterocycles. The molecule has 0 fully saturated rings. The summed E-state index contributed by atoms with van der Waals surface area (Å²) in [6.45, 7) is 4.69. The molecule has 1 aromatic carbocycles. The number of hydrogen-bond acceptors (Lipinski definition) is 1. The Kier molecular flexibility index (Phi) is 2.84. The van der Waals surface area contributed by atoms with Gasteiger partial charge in [-0.05, 0) is 28.0 Å². The number of hydrogen-bond donors (Lipinski definition) is 0. The number of thiophene rings is 1. The van der Waals surface area contributed by atoms with Crippen LogP contribution in [0.2, 0.25) is 13.1 Å². The summed E-state index contributed by atoms with van der Waals surface area (Å²) >= 11 is 1.77. The van der Waals surface area contributed by atoms with E-state index in [0.717, 1.165) is 0 Å². The Morgan fingerprint density at radius 2 is 1.86 bits per heavy atom. The molecule has 0 spiro atoms.